The first-order valence-electron chi connectivity index (χ1n) is 5.69. The van der Waals surface area contributed by atoms with Crippen LogP contribution in [0.4, 0.5) is 0 Å². The molecule has 1 fully saturated rings. The number of rotatable bonds is 2. The highest BCUT2D eigenvalue weighted by Gasteiger charge is 2.25. The van der Waals surface area contributed by atoms with Gasteiger partial charge in [-0.25, -0.2) is 0 Å². The largest absolute Gasteiger partial charge is 0.360 e. The molecule has 4 nitrogen and oxygen atoms in total. The monoisotopic (exact) mass is 262 g/mol. The summed E-state index contributed by atoms with van der Waals surface area (Å²) in [7, 11) is 0. The van der Waals surface area contributed by atoms with E-state index in [-0.39, 0.29) is 5.91 Å². The van der Waals surface area contributed by atoms with E-state index in [1.54, 1.807) is 16.7 Å². The Morgan fingerprint density at radius 3 is 3.06 bits per heavy atom. The summed E-state index contributed by atoms with van der Waals surface area (Å²) in [5.74, 6) is -0.0245. The van der Waals surface area contributed by atoms with E-state index >= 15 is 0 Å². The Morgan fingerprint density at radius 1 is 1.56 bits per heavy atom. The number of nitriles is 1. The molecule has 0 radical (unpaired) electrons. The molecule has 5 heteroatoms. The molecule has 0 aromatic heterocycles. The predicted octanol–water partition coefficient (Wildman–Crippen LogP) is 1.77. The first-order chi connectivity index (χ1) is 8.76. The molecule has 0 spiro atoms. The fraction of sp³-hybridized carbons (Fsp3) is 0.385. The van der Waals surface area contributed by atoms with Gasteiger partial charge in [0.1, 0.15) is 0 Å². The van der Waals surface area contributed by atoms with Gasteiger partial charge in [-0.05, 0) is 18.4 Å². The summed E-state index contributed by atoms with van der Waals surface area (Å²) in [4.78, 5) is 15.0. The smallest absolute Gasteiger partial charge is 0.255 e. The zero-order chi connectivity index (χ0) is 13.0. The fourth-order valence-corrected chi connectivity index (χ4v) is 2.49. The van der Waals surface area contributed by atoms with Crippen molar-refractivity contribution >= 4 is 17.7 Å². The van der Waals surface area contributed by atoms with Gasteiger partial charge < -0.3 is 9.64 Å². The first kappa shape index (κ1) is 12.9. The molecule has 1 saturated heterocycles. The fourth-order valence-electron chi connectivity index (χ4n) is 1.90. The van der Waals surface area contributed by atoms with Crippen LogP contribution in [0.2, 0.25) is 0 Å². The van der Waals surface area contributed by atoms with Crippen LogP contribution in [0.3, 0.4) is 0 Å². The van der Waals surface area contributed by atoms with Crippen molar-refractivity contribution in [3.8, 4) is 6.07 Å². The molecule has 0 N–H and O–H groups in total. The van der Waals surface area contributed by atoms with E-state index in [1.165, 1.54) is 0 Å². The van der Waals surface area contributed by atoms with Gasteiger partial charge in [-0.15, -0.1) is 11.8 Å². The van der Waals surface area contributed by atoms with Crippen molar-refractivity contribution < 1.29 is 9.53 Å². The van der Waals surface area contributed by atoms with Gasteiger partial charge in [0.25, 0.3) is 5.91 Å². The van der Waals surface area contributed by atoms with Crippen LogP contribution in [0.25, 0.3) is 0 Å². The van der Waals surface area contributed by atoms with Crippen LogP contribution < -0.4 is 0 Å². The zero-order valence-electron chi connectivity index (χ0n) is 10.1. The van der Waals surface area contributed by atoms with Crippen molar-refractivity contribution in [1.82, 2.24) is 4.90 Å². The molecule has 1 atom stereocenters. The van der Waals surface area contributed by atoms with Gasteiger partial charge in [-0.3, -0.25) is 4.79 Å². The molecule has 1 aliphatic rings. The Bertz CT molecular complexity index is 484. The van der Waals surface area contributed by atoms with E-state index in [0.717, 1.165) is 4.90 Å². The molecule has 18 heavy (non-hydrogen) atoms. The van der Waals surface area contributed by atoms with Crippen molar-refractivity contribution in [3.05, 3.63) is 29.8 Å². The van der Waals surface area contributed by atoms with Crippen LogP contribution in [0.15, 0.2) is 29.2 Å². The van der Waals surface area contributed by atoms with Crippen molar-refractivity contribution in [2.75, 3.05) is 26.0 Å². The van der Waals surface area contributed by atoms with Crippen molar-refractivity contribution in [3.63, 3.8) is 0 Å². The predicted molar refractivity (Wildman–Crippen MR) is 69.5 cm³/mol. The van der Waals surface area contributed by atoms with E-state index in [9.17, 15) is 4.79 Å². The van der Waals surface area contributed by atoms with Crippen LogP contribution in [-0.4, -0.2) is 42.9 Å². The molecule has 1 unspecified atom stereocenters. The molecular weight excluding hydrogens is 248 g/mol. The van der Waals surface area contributed by atoms with Crippen molar-refractivity contribution in [2.24, 2.45) is 0 Å². The standard InChI is InChI=1S/C13H14N2O2S/c1-18-12-5-3-2-4-11(12)13(16)15-6-7-17-10(8-14)9-15/h2-5,10H,6-7,9H2,1H3. The highest BCUT2D eigenvalue weighted by molar-refractivity contribution is 7.98. The maximum absolute atomic E-state index is 12.4. The lowest BCUT2D eigenvalue weighted by atomic mass is 10.1. The third-order valence-corrected chi connectivity index (χ3v) is 3.63. The van der Waals surface area contributed by atoms with E-state index < -0.39 is 6.10 Å². The number of morpholine rings is 1. The summed E-state index contributed by atoms with van der Waals surface area (Å²) in [5, 5.41) is 8.84. The number of carbonyl (C=O) groups is 1. The molecule has 1 heterocycles. The van der Waals surface area contributed by atoms with E-state index in [4.69, 9.17) is 10.00 Å². The SMILES string of the molecule is CSc1ccccc1C(=O)N1CCOC(C#N)C1. The number of thioether (sulfide) groups is 1. The molecule has 1 aromatic rings. The maximum atomic E-state index is 12.4. The van der Waals surface area contributed by atoms with Crippen LogP contribution in [-0.2, 0) is 4.74 Å². The number of amides is 1. The molecule has 0 aliphatic carbocycles. The van der Waals surface area contributed by atoms with Crippen LogP contribution in [0.1, 0.15) is 10.4 Å². The number of hydrogen-bond acceptors (Lipinski definition) is 4. The summed E-state index contributed by atoms with van der Waals surface area (Å²) < 4.78 is 5.24. The Balaban J connectivity index is 2.18. The maximum Gasteiger partial charge on any atom is 0.255 e. The number of ether oxygens (including phenoxy) is 1. The molecule has 1 amide bonds. The second kappa shape index (κ2) is 5.89. The normalized spacial score (nSPS) is 19.3. The van der Waals surface area contributed by atoms with Gasteiger partial charge >= 0.3 is 0 Å². The molecular formula is C13H14N2O2S. The highest BCUT2D eigenvalue weighted by Crippen LogP contribution is 2.22. The molecule has 2 rings (SSSR count). The molecule has 94 valence electrons. The third-order valence-electron chi connectivity index (χ3n) is 2.84. The lowest BCUT2D eigenvalue weighted by Gasteiger charge is -2.30. The number of nitrogens with zero attached hydrogens (tertiary/aromatic N) is 2. The third kappa shape index (κ3) is 2.66. The first-order valence-corrected chi connectivity index (χ1v) is 6.92. The van der Waals surface area contributed by atoms with E-state index in [2.05, 4.69) is 0 Å². The molecule has 1 aliphatic heterocycles. The summed E-state index contributed by atoms with van der Waals surface area (Å²) in [5.41, 5.74) is 0.698. The topological polar surface area (TPSA) is 53.3 Å². The molecule has 0 saturated carbocycles. The van der Waals surface area contributed by atoms with Crippen molar-refractivity contribution in [2.45, 2.75) is 11.0 Å². The Hall–Kier alpha value is -1.51. The second-order valence-electron chi connectivity index (χ2n) is 3.94. The Labute approximate surface area is 111 Å². The summed E-state index contributed by atoms with van der Waals surface area (Å²) in [6.07, 6.45) is 1.44. The summed E-state index contributed by atoms with van der Waals surface area (Å²) >= 11 is 1.55. The zero-order valence-corrected chi connectivity index (χ0v) is 10.9. The number of carbonyl (C=O) groups excluding carboxylic acids is 1. The summed E-state index contributed by atoms with van der Waals surface area (Å²) in [6.45, 7) is 1.31. The lowest BCUT2D eigenvalue weighted by Crippen LogP contribution is -2.45. The number of benzene rings is 1. The van der Waals surface area contributed by atoms with Crippen molar-refractivity contribution in [1.29, 1.82) is 5.26 Å². The highest BCUT2D eigenvalue weighted by atomic mass is 32.2. The van der Waals surface area contributed by atoms with Gasteiger partial charge in [0.2, 0.25) is 0 Å². The van der Waals surface area contributed by atoms with Gasteiger partial charge in [-0.1, -0.05) is 12.1 Å². The minimum Gasteiger partial charge on any atom is -0.360 e. The van der Waals surface area contributed by atoms with Crippen LogP contribution >= 0.6 is 11.8 Å². The second-order valence-corrected chi connectivity index (χ2v) is 4.79. The molecule has 0 bridgehead atoms. The Morgan fingerprint density at radius 2 is 2.33 bits per heavy atom. The molecule has 1 aromatic carbocycles. The summed E-state index contributed by atoms with van der Waals surface area (Å²) in [6, 6.07) is 9.58. The van der Waals surface area contributed by atoms with Gasteiger partial charge in [-0.2, -0.15) is 5.26 Å². The van der Waals surface area contributed by atoms with Gasteiger partial charge in [0.15, 0.2) is 6.10 Å². The Kier molecular flexibility index (Phi) is 4.24. The minimum absolute atomic E-state index is 0.0245. The average Bonchev–Trinajstić information content (AvgIpc) is 2.46. The number of hydrogen-bond donors (Lipinski definition) is 0. The van der Waals surface area contributed by atoms with Crippen LogP contribution in [0, 0.1) is 11.3 Å². The minimum atomic E-state index is -0.510. The van der Waals surface area contributed by atoms with E-state index in [0.29, 0.717) is 25.3 Å². The van der Waals surface area contributed by atoms with Gasteiger partial charge in [0, 0.05) is 11.4 Å². The average molecular weight is 262 g/mol. The lowest BCUT2D eigenvalue weighted by molar-refractivity contribution is 0.00331. The quantitative estimate of drug-likeness (QED) is 0.762. The van der Waals surface area contributed by atoms with Gasteiger partial charge in [0.05, 0.1) is 24.8 Å². The van der Waals surface area contributed by atoms with Crippen LogP contribution in [0.5, 0.6) is 0 Å². The van der Waals surface area contributed by atoms with E-state index in [1.807, 2.05) is 36.6 Å².